The normalized spacial score (nSPS) is 16.2. The molecule has 2 atom stereocenters. The number of hydrogen-bond acceptors (Lipinski definition) is 4. The van der Waals surface area contributed by atoms with Gasteiger partial charge in [0.05, 0.1) is 6.10 Å². The maximum absolute atomic E-state index is 11.5. The van der Waals surface area contributed by atoms with E-state index in [1.54, 1.807) is 18.2 Å². The first-order valence-corrected chi connectivity index (χ1v) is 6.88. The molecule has 1 aliphatic heterocycles. The van der Waals surface area contributed by atoms with Crippen molar-refractivity contribution in [1.29, 1.82) is 0 Å². The van der Waals surface area contributed by atoms with Gasteiger partial charge in [0, 0.05) is 0 Å². The van der Waals surface area contributed by atoms with Crippen LogP contribution in [0.5, 0.6) is 11.5 Å². The van der Waals surface area contributed by atoms with Gasteiger partial charge in [0.15, 0.2) is 11.5 Å². The fourth-order valence-electron chi connectivity index (χ4n) is 2.64. The van der Waals surface area contributed by atoms with Crippen LogP contribution in [0.3, 0.4) is 0 Å². The lowest BCUT2D eigenvalue weighted by atomic mass is 9.83. The highest BCUT2D eigenvalue weighted by Crippen LogP contribution is 2.37. The molecule has 0 radical (unpaired) electrons. The minimum absolute atomic E-state index is 0.0403. The lowest BCUT2D eigenvalue weighted by molar-refractivity contribution is -0.142. The first-order valence-electron chi connectivity index (χ1n) is 6.88. The van der Waals surface area contributed by atoms with Gasteiger partial charge in [-0.2, -0.15) is 0 Å². The number of aliphatic hydroxyl groups is 1. The lowest BCUT2D eigenvalue weighted by Gasteiger charge is -2.26. The summed E-state index contributed by atoms with van der Waals surface area (Å²) in [5.74, 6) is -0.875. The Morgan fingerprint density at radius 3 is 2.50 bits per heavy atom. The Bertz CT molecular complexity index is 481. The van der Waals surface area contributed by atoms with Crippen LogP contribution in [-0.4, -0.2) is 29.1 Å². The van der Waals surface area contributed by atoms with Crippen LogP contribution < -0.4 is 9.47 Å². The summed E-state index contributed by atoms with van der Waals surface area (Å²) in [6.45, 7) is 4.05. The predicted octanol–water partition coefficient (Wildman–Crippen LogP) is 2.38. The highest BCUT2D eigenvalue weighted by atomic mass is 16.7. The highest BCUT2D eigenvalue weighted by molar-refractivity contribution is 5.77. The summed E-state index contributed by atoms with van der Waals surface area (Å²) >= 11 is 0. The number of benzene rings is 1. The van der Waals surface area contributed by atoms with Gasteiger partial charge < -0.3 is 19.7 Å². The van der Waals surface area contributed by atoms with E-state index in [0.29, 0.717) is 17.1 Å². The van der Waals surface area contributed by atoms with Gasteiger partial charge in [0.25, 0.3) is 0 Å². The second-order valence-corrected chi connectivity index (χ2v) is 5.00. The van der Waals surface area contributed by atoms with Gasteiger partial charge in [-0.15, -0.1) is 0 Å². The summed E-state index contributed by atoms with van der Waals surface area (Å²) in [6.07, 6.45) is 0.570. The fourth-order valence-corrected chi connectivity index (χ4v) is 2.64. The third-order valence-electron chi connectivity index (χ3n) is 3.90. The van der Waals surface area contributed by atoms with E-state index in [0.717, 1.165) is 12.8 Å². The monoisotopic (exact) mass is 280 g/mol. The minimum atomic E-state index is -1.02. The van der Waals surface area contributed by atoms with E-state index in [1.165, 1.54) is 0 Å². The Kier molecular flexibility index (Phi) is 4.49. The van der Waals surface area contributed by atoms with E-state index in [-0.39, 0.29) is 12.7 Å². The molecule has 1 aromatic rings. The van der Waals surface area contributed by atoms with Crippen LogP contribution >= 0.6 is 0 Å². The molecule has 0 spiro atoms. The van der Waals surface area contributed by atoms with Crippen molar-refractivity contribution in [3.63, 3.8) is 0 Å². The number of carbonyl (C=O) groups is 1. The van der Waals surface area contributed by atoms with Gasteiger partial charge in [-0.25, -0.2) is 0 Å². The first-order chi connectivity index (χ1) is 9.58. The number of fused-ring (bicyclic) bond motifs is 1. The second-order valence-electron chi connectivity index (χ2n) is 5.00. The highest BCUT2D eigenvalue weighted by Gasteiger charge is 2.33. The third-order valence-corrected chi connectivity index (χ3v) is 3.90. The summed E-state index contributed by atoms with van der Waals surface area (Å²) < 4.78 is 10.5. The molecule has 5 nitrogen and oxygen atoms in total. The van der Waals surface area contributed by atoms with Crippen LogP contribution in [0.1, 0.15) is 38.2 Å². The number of hydrogen-bond donors (Lipinski definition) is 2. The molecule has 0 aliphatic carbocycles. The van der Waals surface area contributed by atoms with Crippen LogP contribution in [0.25, 0.3) is 0 Å². The molecule has 0 fully saturated rings. The summed E-state index contributed by atoms with van der Waals surface area (Å²) in [5, 5.41) is 19.8. The number of rotatable bonds is 6. The van der Waals surface area contributed by atoms with E-state index in [9.17, 15) is 15.0 Å². The fraction of sp³-hybridized carbons (Fsp3) is 0.533. The predicted molar refractivity (Wildman–Crippen MR) is 73.0 cm³/mol. The molecule has 2 rings (SSSR count). The Hall–Kier alpha value is -1.75. The molecule has 0 saturated heterocycles. The van der Waals surface area contributed by atoms with Gasteiger partial charge in [0.1, 0.15) is 5.92 Å². The topological polar surface area (TPSA) is 76.0 Å². The zero-order valence-electron chi connectivity index (χ0n) is 11.7. The Labute approximate surface area is 118 Å². The second kappa shape index (κ2) is 6.13. The van der Waals surface area contributed by atoms with Gasteiger partial charge in [0.2, 0.25) is 6.79 Å². The number of carboxylic acid groups (broad SMARTS) is 1. The van der Waals surface area contributed by atoms with E-state index >= 15 is 0 Å². The van der Waals surface area contributed by atoms with Crippen LogP contribution in [0.4, 0.5) is 0 Å². The maximum atomic E-state index is 11.5. The molecule has 110 valence electrons. The third kappa shape index (κ3) is 2.72. The Morgan fingerprint density at radius 2 is 1.90 bits per heavy atom. The van der Waals surface area contributed by atoms with Crippen molar-refractivity contribution in [3.8, 4) is 11.5 Å². The molecule has 2 unspecified atom stereocenters. The molecule has 0 bridgehead atoms. The van der Waals surface area contributed by atoms with Crippen LogP contribution in [0.2, 0.25) is 0 Å². The average molecular weight is 280 g/mol. The minimum Gasteiger partial charge on any atom is -0.481 e. The summed E-state index contributed by atoms with van der Waals surface area (Å²) in [4.78, 5) is 11.5. The SMILES string of the molecule is CCC(CC)C(O)C(C(=O)O)c1ccc2c(c1)OCO2. The van der Waals surface area contributed by atoms with E-state index in [4.69, 9.17) is 9.47 Å². The summed E-state index contributed by atoms with van der Waals surface area (Å²) in [6, 6.07) is 5.01. The van der Waals surface area contributed by atoms with E-state index in [2.05, 4.69) is 0 Å². The molecule has 0 saturated carbocycles. The molecule has 1 heterocycles. The van der Waals surface area contributed by atoms with Crippen LogP contribution in [0, 0.1) is 5.92 Å². The Morgan fingerprint density at radius 1 is 1.25 bits per heavy atom. The van der Waals surface area contributed by atoms with E-state index < -0.39 is 18.0 Å². The molecule has 0 aromatic heterocycles. The zero-order chi connectivity index (χ0) is 14.7. The van der Waals surface area contributed by atoms with Crippen molar-refractivity contribution in [3.05, 3.63) is 23.8 Å². The molecule has 2 N–H and O–H groups in total. The molecule has 0 amide bonds. The number of aliphatic carboxylic acids is 1. The van der Waals surface area contributed by atoms with Crippen molar-refractivity contribution < 1.29 is 24.5 Å². The average Bonchev–Trinajstić information content (AvgIpc) is 2.87. The number of carboxylic acids is 1. The van der Waals surface area contributed by atoms with Gasteiger partial charge >= 0.3 is 5.97 Å². The number of aliphatic hydroxyl groups excluding tert-OH is 1. The van der Waals surface area contributed by atoms with Crippen molar-refractivity contribution in [1.82, 2.24) is 0 Å². The number of ether oxygens (including phenoxy) is 2. The first kappa shape index (κ1) is 14.7. The summed E-state index contributed by atoms with van der Waals surface area (Å²) in [7, 11) is 0. The molecule has 5 heteroatoms. The van der Waals surface area contributed by atoms with Crippen molar-refractivity contribution in [2.75, 3.05) is 6.79 Å². The van der Waals surface area contributed by atoms with Gasteiger partial charge in [-0.3, -0.25) is 4.79 Å². The largest absolute Gasteiger partial charge is 0.481 e. The van der Waals surface area contributed by atoms with Crippen molar-refractivity contribution >= 4 is 5.97 Å². The van der Waals surface area contributed by atoms with Gasteiger partial charge in [-0.1, -0.05) is 32.8 Å². The quantitative estimate of drug-likeness (QED) is 0.836. The Balaban J connectivity index is 2.31. The van der Waals surface area contributed by atoms with Crippen LogP contribution in [-0.2, 0) is 4.79 Å². The summed E-state index contributed by atoms with van der Waals surface area (Å²) in [5.41, 5.74) is 0.543. The zero-order valence-corrected chi connectivity index (χ0v) is 11.7. The lowest BCUT2D eigenvalue weighted by Crippen LogP contribution is -2.32. The molecule has 20 heavy (non-hydrogen) atoms. The van der Waals surface area contributed by atoms with Crippen molar-refractivity contribution in [2.45, 2.75) is 38.7 Å². The van der Waals surface area contributed by atoms with Gasteiger partial charge in [-0.05, 0) is 23.6 Å². The standard InChI is InChI=1S/C15H20O5/c1-3-9(4-2)14(16)13(15(17)18)10-5-6-11-12(7-10)20-8-19-11/h5-7,9,13-14,16H,3-4,8H2,1-2H3,(H,17,18). The molecule has 1 aliphatic rings. The maximum Gasteiger partial charge on any atom is 0.313 e. The smallest absolute Gasteiger partial charge is 0.313 e. The molecular weight excluding hydrogens is 260 g/mol. The van der Waals surface area contributed by atoms with E-state index in [1.807, 2.05) is 13.8 Å². The van der Waals surface area contributed by atoms with Crippen LogP contribution in [0.15, 0.2) is 18.2 Å². The molecule has 1 aromatic carbocycles. The van der Waals surface area contributed by atoms with Crippen molar-refractivity contribution in [2.24, 2.45) is 5.92 Å². The molecular formula is C15H20O5.